The van der Waals surface area contributed by atoms with Gasteiger partial charge in [-0.3, -0.25) is 9.69 Å². The van der Waals surface area contributed by atoms with Gasteiger partial charge in [0.1, 0.15) is 0 Å². The van der Waals surface area contributed by atoms with Crippen molar-refractivity contribution in [2.24, 2.45) is 0 Å². The van der Waals surface area contributed by atoms with Gasteiger partial charge in [-0.05, 0) is 30.5 Å². The number of nitrogens with one attached hydrogen (secondary N) is 1. The normalized spacial score (nSPS) is 15.1. The zero-order valence-corrected chi connectivity index (χ0v) is 15.1. The number of aromatic nitrogens is 1. The van der Waals surface area contributed by atoms with Gasteiger partial charge in [0.15, 0.2) is 0 Å². The Morgan fingerprint density at radius 2 is 1.83 bits per heavy atom. The smallest absolute Gasteiger partial charge is 0.251 e. The third kappa shape index (κ3) is 4.26. The molecule has 1 saturated heterocycles. The average Bonchev–Trinajstić information content (AvgIpc) is 2.57. The summed E-state index contributed by atoms with van der Waals surface area (Å²) in [6.07, 6.45) is 0.748. The van der Waals surface area contributed by atoms with Crippen LogP contribution in [-0.4, -0.2) is 36.2 Å². The Hall–Kier alpha value is -1.62. The maximum Gasteiger partial charge on any atom is 0.251 e. The number of aromatic amines is 1. The molecule has 24 heavy (non-hydrogen) atoms. The third-order valence-electron chi connectivity index (χ3n) is 4.47. The van der Waals surface area contributed by atoms with Crippen LogP contribution in [0.3, 0.4) is 0 Å². The van der Waals surface area contributed by atoms with Crippen molar-refractivity contribution < 1.29 is 4.74 Å². The standard InChI is InChI=1S/C19H24N2O2.ClH/c1-3-16-12-18(14(2)20-19(16)22)17-6-4-15(5-7-17)13-21-8-10-23-11-9-21;/h4-7,12H,3,8-11,13H2,1-2H3,(H,20,22);1H. The van der Waals surface area contributed by atoms with Crippen molar-refractivity contribution in [1.82, 2.24) is 9.88 Å². The molecule has 0 saturated carbocycles. The molecule has 1 aromatic carbocycles. The molecule has 4 nitrogen and oxygen atoms in total. The van der Waals surface area contributed by atoms with E-state index in [2.05, 4.69) is 34.1 Å². The Kier molecular flexibility index (Phi) is 6.60. The highest BCUT2D eigenvalue weighted by Crippen LogP contribution is 2.23. The molecule has 0 amide bonds. The minimum absolute atomic E-state index is 0. The Balaban J connectivity index is 0.00000208. The average molecular weight is 349 g/mol. The number of rotatable bonds is 4. The molecule has 1 aliphatic heterocycles. The number of aryl methyl sites for hydroxylation is 2. The molecule has 2 aromatic rings. The molecule has 1 fully saturated rings. The molecule has 2 heterocycles. The number of ether oxygens (including phenoxy) is 1. The van der Waals surface area contributed by atoms with Crippen molar-refractivity contribution >= 4 is 12.4 Å². The Morgan fingerprint density at radius 1 is 1.17 bits per heavy atom. The molecule has 3 rings (SSSR count). The second-order valence-corrected chi connectivity index (χ2v) is 6.10. The Morgan fingerprint density at radius 3 is 2.46 bits per heavy atom. The molecule has 0 atom stereocenters. The van der Waals surface area contributed by atoms with Crippen LogP contribution in [0.2, 0.25) is 0 Å². The summed E-state index contributed by atoms with van der Waals surface area (Å²) in [7, 11) is 0. The number of H-pyrrole nitrogens is 1. The fourth-order valence-corrected chi connectivity index (χ4v) is 3.04. The van der Waals surface area contributed by atoms with E-state index in [4.69, 9.17) is 4.74 Å². The first kappa shape index (κ1) is 18.7. The van der Waals surface area contributed by atoms with Crippen LogP contribution in [0.1, 0.15) is 23.7 Å². The zero-order valence-electron chi connectivity index (χ0n) is 14.3. The number of pyridine rings is 1. The zero-order chi connectivity index (χ0) is 16.2. The summed E-state index contributed by atoms with van der Waals surface area (Å²) in [5.41, 5.74) is 5.36. The summed E-state index contributed by atoms with van der Waals surface area (Å²) in [4.78, 5) is 17.2. The summed E-state index contributed by atoms with van der Waals surface area (Å²) in [5.74, 6) is 0. The monoisotopic (exact) mass is 348 g/mol. The lowest BCUT2D eigenvalue weighted by atomic mass is 10.0. The molecule has 1 aliphatic rings. The minimum atomic E-state index is 0. The van der Waals surface area contributed by atoms with E-state index < -0.39 is 0 Å². The lowest BCUT2D eigenvalue weighted by molar-refractivity contribution is 0.0342. The Bertz CT molecular complexity index is 719. The number of benzene rings is 1. The fourth-order valence-electron chi connectivity index (χ4n) is 3.04. The summed E-state index contributed by atoms with van der Waals surface area (Å²) < 4.78 is 5.39. The van der Waals surface area contributed by atoms with Gasteiger partial charge in [-0.15, -0.1) is 12.4 Å². The van der Waals surface area contributed by atoms with Crippen molar-refractivity contribution in [3.63, 3.8) is 0 Å². The quantitative estimate of drug-likeness (QED) is 0.923. The fraction of sp³-hybridized carbons (Fsp3) is 0.421. The second kappa shape index (κ2) is 8.47. The predicted molar refractivity (Wildman–Crippen MR) is 100.0 cm³/mol. The van der Waals surface area contributed by atoms with E-state index in [1.54, 1.807) is 0 Å². The van der Waals surface area contributed by atoms with E-state index in [1.165, 1.54) is 5.56 Å². The predicted octanol–water partition coefficient (Wildman–Crippen LogP) is 3.17. The highest BCUT2D eigenvalue weighted by Gasteiger charge is 2.11. The molecule has 5 heteroatoms. The minimum Gasteiger partial charge on any atom is -0.379 e. The molecule has 0 bridgehead atoms. The van der Waals surface area contributed by atoms with Crippen molar-refractivity contribution in [3.8, 4) is 11.1 Å². The largest absolute Gasteiger partial charge is 0.379 e. The van der Waals surface area contributed by atoms with E-state index in [1.807, 2.05) is 19.9 Å². The highest BCUT2D eigenvalue weighted by atomic mass is 35.5. The molecule has 1 N–H and O–H groups in total. The van der Waals surface area contributed by atoms with Crippen molar-refractivity contribution in [2.45, 2.75) is 26.8 Å². The summed E-state index contributed by atoms with van der Waals surface area (Å²) >= 11 is 0. The summed E-state index contributed by atoms with van der Waals surface area (Å²) in [6, 6.07) is 10.7. The van der Waals surface area contributed by atoms with E-state index in [0.29, 0.717) is 0 Å². The van der Waals surface area contributed by atoms with Crippen LogP contribution in [0, 0.1) is 6.92 Å². The van der Waals surface area contributed by atoms with Gasteiger partial charge >= 0.3 is 0 Å². The molecule has 0 spiro atoms. The number of halogens is 1. The molecule has 130 valence electrons. The van der Waals surface area contributed by atoms with Gasteiger partial charge in [0.25, 0.3) is 5.56 Å². The van der Waals surface area contributed by atoms with Crippen molar-refractivity contribution in [3.05, 3.63) is 57.5 Å². The molecule has 0 radical (unpaired) electrons. The summed E-state index contributed by atoms with van der Waals surface area (Å²) in [5, 5.41) is 0. The number of nitrogens with zero attached hydrogens (tertiary/aromatic N) is 1. The first-order valence-electron chi connectivity index (χ1n) is 8.29. The van der Waals surface area contributed by atoms with Gasteiger partial charge in [-0.25, -0.2) is 0 Å². The summed E-state index contributed by atoms with van der Waals surface area (Å²) in [6.45, 7) is 8.59. The van der Waals surface area contributed by atoms with E-state index in [0.717, 1.165) is 61.7 Å². The number of hydrogen-bond acceptors (Lipinski definition) is 3. The van der Waals surface area contributed by atoms with Crippen molar-refractivity contribution in [1.29, 1.82) is 0 Å². The maximum atomic E-state index is 11.9. The van der Waals surface area contributed by atoms with E-state index >= 15 is 0 Å². The highest BCUT2D eigenvalue weighted by molar-refractivity contribution is 5.85. The molecular weight excluding hydrogens is 324 g/mol. The van der Waals surface area contributed by atoms with Gasteiger partial charge in [0, 0.05) is 36.5 Å². The van der Waals surface area contributed by atoms with Crippen LogP contribution in [0.4, 0.5) is 0 Å². The lowest BCUT2D eigenvalue weighted by Crippen LogP contribution is -2.35. The van der Waals surface area contributed by atoms with Gasteiger partial charge in [-0.1, -0.05) is 31.2 Å². The van der Waals surface area contributed by atoms with Crippen LogP contribution < -0.4 is 5.56 Å². The van der Waals surface area contributed by atoms with Gasteiger partial charge < -0.3 is 9.72 Å². The van der Waals surface area contributed by atoms with Gasteiger partial charge in [0.05, 0.1) is 13.2 Å². The van der Waals surface area contributed by atoms with Crippen LogP contribution in [0.5, 0.6) is 0 Å². The Labute approximate surface area is 149 Å². The first-order valence-corrected chi connectivity index (χ1v) is 8.29. The van der Waals surface area contributed by atoms with Crippen LogP contribution in [0.25, 0.3) is 11.1 Å². The van der Waals surface area contributed by atoms with Gasteiger partial charge in [-0.2, -0.15) is 0 Å². The number of morpholine rings is 1. The second-order valence-electron chi connectivity index (χ2n) is 6.10. The van der Waals surface area contributed by atoms with Crippen molar-refractivity contribution in [2.75, 3.05) is 26.3 Å². The van der Waals surface area contributed by atoms with Crippen LogP contribution in [-0.2, 0) is 17.7 Å². The van der Waals surface area contributed by atoms with Crippen LogP contribution in [0.15, 0.2) is 35.1 Å². The van der Waals surface area contributed by atoms with E-state index in [-0.39, 0.29) is 18.0 Å². The molecular formula is C19H25ClN2O2. The molecule has 1 aromatic heterocycles. The lowest BCUT2D eigenvalue weighted by Gasteiger charge is -2.26. The van der Waals surface area contributed by atoms with Gasteiger partial charge in [0.2, 0.25) is 0 Å². The molecule has 0 unspecified atom stereocenters. The van der Waals surface area contributed by atoms with E-state index in [9.17, 15) is 4.79 Å². The maximum absolute atomic E-state index is 11.9. The topological polar surface area (TPSA) is 45.3 Å². The van der Waals surface area contributed by atoms with Crippen LogP contribution >= 0.6 is 12.4 Å². The number of hydrogen-bond donors (Lipinski definition) is 1. The third-order valence-corrected chi connectivity index (χ3v) is 4.47. The SMILES string of the molecule is CCc1cc(-c2ccc(CN3CCOCC3)cc2)c(C)[nH]c1=O.Cl. The first-order chi connectivity index (χ1) is 11.2. The molecule has 0 aliphatic carbocycles.